The van der Waals surface area contributed by atoms with E-state index in [9.17, 15) is 4.79 Å². The molecular weight excluding hydrogens is 278 g/mol. The molecule has 0 bridgehead atoms. The monoisotopic (exact) mass is 293 g/mol. The first-order valence-electron chi connectivity index (χ1n) is 6.62. The minimum absolute atomic E-state index is 0.163. The van der Waals surface area contributed by atoms with Crippen molar-refractivity contribution < 1.29 is 14.3 Å². The van der Waals surface area contributed by atoms with Gasteiger partial charge in [0.15, 0.2) is 5.78 Å². The van der Waals surface area contributed by atoms with Gasteiger partial charge in [-0.15, -0.1) is 0 Å². The van der Waals surface area contributed by atoms with Crippen LogP contribution in [0.25, 0.3) is 6.08 Å². The zero-order valence-corrected chi connectivity index (χ0v) is 12.4. The Balaban J connectivity index is 2.21. The summed E-state index contributed by atoms with van der Waals surface area (Å²) >= 11 is 0. The summed E-state index contributed by atoms with van der Waals surface area (Å²) in [5, 5.41) is 8.75. The average Bonchev–Trinajstić information content (AvgIpc) is 2.59. The first-order valence-corrected chi connectivity index (χ1v) is 6.62. The number of carbonyl (C=O) groups is 1. The number of hydrogen-bond acceptors (Lipinski definition) is 4. The molecule has 0 heterocycles. The third-order valence-electron chi connectivity index (χ3n) is 3.14. The van der Waals surface area contributed by atoms with E-state index in [0.717, 1.165) is 5.56 Å². The molecular formula is C18H15NO3. The lowest BCUT2D eigenvalue weighted by Gasteiger charge is -2.07. The van der Waals surface area contributed by atoms with Gasteiger partial charge in [-0.1, -0.05) is 18.2 Å². The molecule has 0 amide bonds. The van der Waals surface area contributed by atoms with Crippen LogP contribution in [-0.4, -0.2) is 20.0 Å². The number of benzene rings is 2. The zero-order valence-electron chi connectivity index (χ0n) is 12.4. The lowest BCUT2D eigenvalue weighted by Crippen LogP contribution is -1.99. The average molecular weight is 293 g/mol. The van der Waals surface area contributed by atoms with Crippen molar-refractivity contribution in [1.29, 1.82) is 5.26 Å². The van der Waals surface area contributed by atoms with Crippen molar-refractivity contribution in [3.05, 3.63) is 65.2 Å². The minimum atomic E-state index is -0.163. The fraction of sp³-hybridized carbons (Fsp3) is 0.111. The molecule has 0 saturated heterocycles. The Bertz CT molecular complexity index is 740. The molecule has 2 aromatic carbocycles. The van der Waals surface area contributed by atoms with Crippen LogP contribution in [0, 0.1) is 11.3 Å². The number of nitriles is 1. The van der Waals surface area contributed by atoms with Crippen LogP contribution in [-0.2, 0) is 0 Å². The molecule has 0 aromatic heterocycles. The van der Waals surface area contributed by atoms with E-state index in [1.54, 1.807) is 55.7 Å². The number of rotatable bonds is 5. The molecule has 0 fully saturated rings. The van der Waals surface area contributed by atoms with E-state index >= 15 is 0 Å². The van der Waals surface area contributed by atoms with Gasteiger partial charge in [-0.05, 0) is 35.9 Å². The molecule has 0 N–H and O–H groups in total. The molecule has 2 aromatic rings. The predicted octanol–water partition coefficient (Wildman–Crippen LogP) is 3.47. The summed E-state index contributed by atoms with van der Waals surface area (Å²) in [4.78, 5) is 12.3. The largest absolute Gasteiger partial charge is 0.497 e. The van der Waals surface area contributed by atoms with Crippen molar-refractivity contribution in [2.24, 2.45) is 0 Å². The maximum atomic E-state index is 12.3. The van der Waals surface area contributed by atoms with Crippen LogP contribution in [0.5, 0.6) is 11.5 Å². The van der Waals surface area contributed by atoms with E-state index in [1.807, 2.05) is 0 Å². The molecule has 0 aliphatic carbocycles. The Morgan fingerprint density at radius 2 is 1.82 bits per heavy atom. The number of nitrogens with zero attached hydrogens (tertiary/aromatic N) is 1. The third kappa shape index (κ3) is 3.53. The van der Waals surface area contributed by atoms with Crippen LogP contribution in [0.2, 0.25) is 0 Å². The molecule has 0 aliphatic rings. The summed E-state index contributed by atoms with van der Waals surface area (Å²) in [6.07, 6.45) is 3.18. The molecule has 0 atom stereocenters. The van der Waals surface area contributed by atoms with Gasteiger partial charge in [-0.3, -0.25) is 4.79 Å². The summed E-state index contributed by atoms with van der Waals surface area (Å²) in [6.45, 7) is 0. The van der Waals surface area contributed by atoms with E-state index in [1.165, 1.54) is 13.2 Å². The Hall–Kier alpha value is -3.06. The maximum absolute atomic E-state index is 12.3. The topological polar surface area (TPSA) is 59.3 Å². The second-order valence-corrected chi connectivity index (χ2v) is 4.50. The van der Waals surface area contributed by atoms with Gasteiger partial charge in [-0.2, -0.15) is 5.26 Å². The summed E-state index contributed by atoms with van der Waals surface area (Å²) in [5.74, 6) is 0.933. The molecule has 22 heavy (non-hydrogen) atoms. The van der Waals surface area contributed by atoms with Crippen LogP contribution in [0.15, 0.2) is 48.5 Å². The standard InChI is InChI=1S/C18H15NO3/c1-21-15-8-9-16(18(11-15)22-2)17(20)10-7-13-3-5-14(12-19)6-4-13/h3-11H,1-2H3/b10-7+. The maximum Gasteiger partial charge on any atom is 0.189 e. The Kier molecular flexibility index (Phi) is 4.94. The lowest BCUT2D eigenvalue weighted by molar-refractivity contribution is 0.104. The highest BCUT2D eigenvalue weighted by atomic mass is 16.5. The number of carbonyl (C=O) groups excluding carboxylic acids is 1. The lowest BCUT2D eigenvalue weighted by atomic mass is 10.1. The van der Waals surface area contributed by atoms with Crippen molar-refractivity contribution in [2.75, 3.05) is 14.2 Å². The predicted molar refractivity (Wildman–Crippen MR) is 84.1 cm³/mol. The van der Waals surface area contributed by atoms with Gasteiger partial charge in [0.2, 0.25) is 0 Å². The molecule has 0 aliphatic heterocycles. The van der Waals surface area contributed by atoms with Crippen molar-refractivity contribution in [1.82, 2.24) is 0 Å². The second-order valence-electron chi connectivity index (χ2n) is 4.50. The van der Waals surface area contributed by atoms with Gasteiger partial charge in [0, 0.05) is 6.07 Å². The molecule has 2 rings (SSSR count). The van der Waals surface area contributed by atoms with Crippen LogP contribution >= 0.6 is 0 Å². The molecule has 0 radical (unpaired) electrons. The van der Waals surface area contributed by atoms with Crippen LogP contribution < -0.4 is 9.47 Å². The van der Waals surface area contributed by atoms with Gasteiger partial charge in [0.05, 0.1) is 31.4 Å². The quantitative estimate of drug-likeness (QED) is 0.625. The smallest absolute Gasteiger partial charge is 0.189 e. The van der Waals surface area contributed by atoms with E-state index in [2.05, 4.69) is 6.07 Å². The first kappa shape index (κ1) is 15.3. The summed E-state index contributed by atoms with van der Waals surface area (Å²) in [6, 6.07) is 14.1. The van der Waals surface area contributed by atoms with Gasteiger partial charge in [-0.25, -0.2) is 0 Å². The summed E-state index contributed by atoms with van der Waals surface area (Å²) in [5.41, 5.74) is 1.90. The van der Waals surface area contributed by atoms with Gasteiger partial charge < -0.3 is 9.47 Å². The van der Waals surface area contributed by atoms with Crippen molar-refractivity contribution in [2.45, 2.75) is 0 Å². The molecule has 0 spiro atoms. The van der Waals surface area contributed by atoms with Crippen LogP contribution in [0.4, 0.5) is 0 Å². The van der Waals surface area contributed by atoms with Gasteiger partial charge in [0.1, 0.15) is 11.5 Å². The van der Waals surface area contributed by atoms with E-state index in [-0.39, 0.29) is 5.78 Å². The molecule has 0 unspecified atom stereocenters. The normalized spacial score (nSPS) is 10.2. The third-order valence-corrected chi connectivity index (χ3v) is 3.14. The number of hydrogen-bond donors (Lipinski definition) is 0. The highest BCUT2D eigenvalue weighted by molar-refractivity contribution is 6.08. The first-order chi connectivity index (χ1) is 10.7. The SMILES string of the molecule is COc1ccc(C(=O)/C=C/c2ccc(C#N)cc2)c(OC)c1. The van der Waals surface area contributed by atoms with Crippen molar-refractivity contribution in [3.63, 3.8) is 0 Å². The Morgan fingerprint density at radius 3 is 2.41 bits per heavy atom. The molecule has 4 nitrogen and oxygen atoms in total. The minimum Gasteiger partial charge on any atom is -0.497 e. The van der Waals surface area contributed by atoms with E-state index in [0.29, 0.717) is 22.6 Å². The second kappa shape index (κ2) is 7.09. The number of ketones is 1. The van der Waals surface area contributed by atoms with Crippen LogP contribution in [0.3, 0.4) is 0 Å². The van der Waals surface area contributed by atoms with E-state index in [4.69, 9.17) is 14.7 Å². The highest BCUT2D eigenvalue weighted by Gasteiger charge is 2.10. The van der Waals surface area contributed by atoms with Crippen LogP contribution in [0.1, 0.15) is 21.5 Å². The molecule has 4 heteroatoms. The highest BCUT2D eigenvalue weighted by Crippen LogP contribution is 2.25. The molecule has 0 saturated carbocycles. The number of allylic oxidation sites excluding steroid dienone is 1. The van der Waals surface area contributed by atoms with E-state index < -0.39 is 0 Å². The fourth-order valence-corrected chi connectivity index (χ4v) is 1.93. The Labute approximate surface area is 129 Å². The zero-order chi connectivity index (χ0) is 15.9. The van der Waals surface area contributed by atoms with Gasteiger partial charge >= 0.3 is 0 Å². The van der Waals surface area contributed by atoms with Crippen molar-refractivity contribution >= 4 is 11.9 Å². The number of ether oxygens (including phenoxy) is 2. The fourth-order valence-electron chi connectivity index (χ4n) is 1.93. The summed E-state index contributed by atoms with van der Waals surface area (Å²) in [7, 11) is 3.07. The molecule has 110 valence electrons. The summed E-state index contributed by atoms with van der Waals surface area (Å²) < 4.78 is 10.3. The Morgan fingerprint density at radius 1 is 1.09 bits per heavy atom. The number of methoxy groups -OCH3 is 2. The van der Waals surface area contributed by atoms with Crippen molar-refractivity contribution in [3.8, 4) is 17.6 Å². The van der Waals surface area contributed by atoms with Gasteiger partial charge in [0.25, 0.3) is 0 Å².